The van der Waals surface area contributed by atoms with E-state index >= 15 is 0 Å². The standard InChI is InChI=1S/C18H29NO/c1-14(2)5-4-6-15(3)11-12-19(13-16-7-8-16)18(20)17-9-10-17/h5,11,16-17H,4,6-10,12-13H2,1-3H3. The number of carbonyl (C=O) groups excluding carboxylic acids is 1. The van der Waals surface area contributed by atoms with Gasteiger partial charge in [0.1, 0.15) is 0 Å². The number of amides is 1. The van der Waals surface area contributed by atoms with E-state index in [1.165, 1.54) is 24.0 Å². The van der Waals surface area contributed by atoms with Gasteiger partial charge in [-0.05, 0) is 65.2 Å². The summed E-state index contributed by atoms with van der Waals surface area (Å²) in [4.78, 5) is 14.4. The third-order valence-electron chi connectivity index (χ3n) is 4.17. The quantitative estimate of drug-likeness (QED) is 0.604. The van der Waals surface area contributed by atoms with Crippen molar-refractivity contribution in [2.24, 2.45) is 11.8 Å². The predicted octanol–water partition coefficient (Wildman–Crippen LogP) is 4.33. The van der Waals surface area contributed by atoms with Crippen molar-refractivity contribution in [1.29, 1.82) is 0 Å². The Morgan fingerprint density at radius 1 is 1.10 bits per heavy atom. The van der Waals surface area contributed by atoms with E-state index in [1.807, 2.05) is 0 Å². The van der Waals surface area contributed by atoms with Gasteiger partial charge in [0, 0.05) is 19.0 Å². The molecule has 2 rings (SSSR count). The first-order valence-electron chi connectivity index (χ1n) is 8.14. The third-order valence-corrected chi connectivity index (χ3v) is 4.17. The Morgan fingerprint density at radius 3 is 2.35 bits per heavy atom. The molecule has 0 aliphatic heterocycles. The molecular formula is C18H29NO. The Bertz CT molecular complexity index is 396. The Hall–Kier alpha value is -1.05. The van der Waals surface area contributed by atoms with E-state index in [1.54, 1.807) is 0 Å². The van der Waals surface area contributed by atoms with E-state index in [4.69, 9.17) is 0 Å². The van der Waals surface area contributed by atoms with Crippen molar-refractivity contribution >= 4 is 5.91 Å². The molecule has 20 heavy (non-hydrogen) atoms. The van der Waals surface area contributed by atoms with Crippen LogP contribution in [0.3, 0.4) is 0 Å². The van der Waals surface area contributed by atoms with Crippen molar-refractivity contribution in [3.8, 4) is 0 Å². The number of hydrogen-bond acceptors (Lipinski definition) is 1. The molecule has 0 N–H and O–H groups in total. The van der Waals surface area contributed by atoms with Crippen LogP contribution in [0.4, 0.5) is 0 Å². The summed E-state index contributed by atoms with van der Waals surface area (Å²) in [6, 6.07) is 0. The van der Waals surface area contributed by atoms with Crippen molar-refractivity contribution in [2.45, 2.75) is 59.3 Å². The monoisotopic (exact) mass is 275 g/mol. The second-order valence-corrected chi connectivity index (χ2v) is 6.83. The number of rotatable bonds is 8. The van der Waals surface area contributed by atoms with Crippen LogP contribution in [0.15, 0.2) is 23.3 Å². The van der Waals surface area contributed by atoms with Crippen molar-refractivity contribution in [1.82, 2.24) is 4.90 Å². The minimum Gasteiger partial charge on any atom is -0.338 e. The molecule has 112 valence electrons. The fourth-order valence-electron chi connectivity index (χ4n) is 2.41. The minimum atomic E-state index is 0.355. The van der Waals surface area contributed by atoms with Crippen LogP contribution >= 0.6 is 0 Å². The van der Waals surface area contributed by atoms with Crippen LogP contribution in [0, 0.1) is 11.8 Å². The first kappa shape index (κ1) is 15.3. The maximum atomic E-state index is 12.3. The molecule has 0 unspecified atom stereocenters. The Morgan fingerprint density at radius 2 is 1.80 bits per heavy atom. The average Bonchev–Trinajstić information content (AvgIpc) is 3.27. The SMILES string of the molecule is CC(C)=CCCC(C)=CCN(CC1CC1)C(=O)C1CC1. The van der Waals surface area contributed by atoms with Crippen LogP contribution in [0.25, 0.3) is 0 Å². The molecule has 0 aromatic heterocycles. The Balaban J connectivity index is 1.79. The molecule has 2 aliphatic rings. The Kier molecular flexibility index (Phi) is 5.45. The number of carbonyl (C=O) groups is 1. The van der Waals surface area contributed by atoms with Gasteiger partial charge in [0.05, 0.1) is 0 Å². The molecule has 0 spiro atoms. The number of hydrogen-bond donors (Lipinski definition) is 0. The molecule has 0 saturated heterocycles. The van der Waals surface area contributed by atoms with Gasteiger partial charge in [-0.15, -0.1) is 0 Å². The summed E-state index contributed by atoms with van der Waals surface area (Å²) in [5, 5.41) is 0. The summed E-state index contributed by atoms with van der Waals surface area (Å²) >= 11 is 0. The van der Waals surface area contributed by atoms with E-state index in [0.717, 1.165) is 44.7 Å². The normalized spacial score (nSPS) is 18.9. The van der Waals surface area contributed by atoms with Gasteiger partial charge in [0.25, 0.3) is 0 Å². The highest BCUT2D eigenvalue weighted by molar-refractivity contribution is 5.81. The second kappa shape index (κ2) is 7.10. The van der Waals surface area contributed by atoms with Crippen molar-refractivity contribution < 1.29 is 4.79 Å². The van der Waals surface area contributed by atoms with Crippen LogP contribution in [0.1, 0.15) is 59.3 Å². The highest BCUT2D eigenvalue weighted by Crippen LogP contribution is 2.34. The third kappa shape index (κ3) is 5.52. The molecule has 0 heterocycles. The maximum Gasteiger partial charge on any atom is 0.225 e. The molecule has 2 fully saturated rings. The Labute approximate surface area is 123 Å². The largest absolute Gasteiger partial charge is 0.338 e. The van der Waals surface area contributed by atoms with Crippen LogP contribution in [-0.2, 0) is 4.79 Å². The summed E-state index contributed by atoms with van der Waals surface area (Å²) in [5.74, 6) is 1.55. The smallest absolute Gasteiger partial charge is 0.225 e. The van der Waals surface area contributed by atoms with Gasteiger partial charge in [0.15, 0.2) is 0 Å². The van der Waals surface area contributed by atoms with Gasteiger partial charge in [-0.2, -0.15) is 0 Å². The maximum absolute atomic E-state index is 12.3. The van der Waals surface area contributed by atoms with E-state index in [9.17, 15) is 4.79 Å². The van der Waals surface area contributed by atoms with E-state index < -0.39 is 0 Å². The topological polar surface area (TPSA) is 20.3 Å². The molecule has 2 aliphatic carbocycles. The zero-order valence-electron chi connectivity index (χ0n) is 13.3. The highest BCUT2D eigenvalue weighted by Gasteiger charge is 2.35. The lowest BCUT2D eigenvalue weighted by Crippen LogP contribution is -2.34. The molecule has 0 atom stereocenters. The predicted molar refractivity (Wildman–Crippen MR) is 84.5 cm³/mol. The van der Waals surface area contributed by atoms with Gasteiger partial charge >= 0.3 is 0 Å². The van der Waals surface area contributed by atoms with Gasteiger partial charge < -0.3 is 4.90 Å². The molecule has 0 radical (unpaired) electrons. The summed E-state index contributed by atoms with van der Waals surface area (Å²) in [5.41, 5.74) is 2.80. The average molecular weight is 275 g/mol. The molecule has 2 saturated carbocycles. The molecule has 2 heteroatoms. The van der Waals surface area contributed by atoms with Gasteiger partial charge in [0.2, 0.25) is 5.91 Å². The molecule has 0 aromatic rings. The second-order valence-electron chi connectivity index (χ2n) is 6.83. The van der Waals surface area contributed by atoms with Gasteiger partial charge in [-0.1, -0.05) is 23.3 Å². The van der Waals surface area contributed by atoms with E-state index in [2.05, 4.69) is 37.8 Å². The molecular weight excluding hydrogens is 246 g/mol. The number of nitrogens with zero attached hydrogens (tertiary/aromatic N) is 1. The van der Waals surface area contributed by atoms with Crippen LogP contribution in [0.5, 0.6) is 0 Å². The van der Waals surface area contributed by atoms with Crippen LogP contribution in [-0.4, -0.2) is 23.9 Å². The minimum absolute atomic E-state index is 0.355. The first-order chi connectivity index (χ1) is 9.56. The lowest BCUT2D eigenvalue weighted by atomic mass is 10.1. The summed E-state index contributed by atoms with van der Waals surface area (Å²) in [7, 11) is 0. The van der Waals surface area contributed by atoms with E-state index in [0.29, 0.717) is 11.8 Å². The summed E-state index contributed by atoms with van der Waals surface area (Å²) in [6.45, 7) is 8.30. The molecule has 1 amide bonds. The van der Waals surface area contributed by atoms with Crippen molar-refractivity contribution in [2.75, 3.05) is 13.1 Å². The first-order valence-corrected chi connectivity index (χ1v) is 8.14. The number of allylic oxidation sites excluding steroid dienone is 3. The lowest BCUT2D eigenvalue weighted by Gasteiger charge is -2.21. The van der Waals surface area contributed by atoms with Crippen LogP contribution in [0.2, 0.25) is 0 Å². The van der Waals surface area contributed by atoms with Gasteiger partial charge in [-0.3, -0.25) is 4.79 Å². The van der Waals surface area contributed by atoms with Crippen LogP contribution < -0.4 is 0 Å². The molecule has 0 aromatic carbocycles. The summed E-state index contributed by atoms with van der Waals surface area (Å²) < 4.78 is 0. The van der Waals surface area contributed by atoms with Crippen molar-refractivity contribution in [3.63, 3.8) is 0 Å². The van der Waals surface area contributed by atoms with Crippen molar-refractivity contribution in [3.05, 3.63) is 23.3 Å². The molecule has 2 nitrogen and oxygen atoms in total. The zero-order valence-corrected chi connectivity index (χ0v) is 13.3. The van der Waals surface area contributed by atoms with E-state index in [-0.39, 0.29) is 0 Å². The molecule has 0 bridgehead atoms. The fourth-order valence-corrected chi connectivity index (χ4v) is 2.41. The lowest BCUT2D eigenvalue weighted by molar-refractivity contribution is -0.132. The summed E-state index contributed by atoms with van der Waals surface area (Å²) in [6.07, 6.45) is 11.6. The zero-order chi connectivity index (χ0) is 14.5. The highest BCUT2D eigenvalue weighted by atomic mass is 16.2. The fraction of sp³-hybridized carbons (Fsp3) is 0.722. The van der Waals surface area contributed by atoms with Gasteiger partial charge in [-0.25, -0.2) is 0 Å².